The fourth-order valence-corrected chi connectivity index (χ4v) is 2.92. The summed E-state index contributed by atoms with van der Waals surface area (Å²) in [6, 6.07) is 6.42. The average Bonchev–Trinajstić information content (AvgIpc) is 2.86. The van der Waals surface area contributed by atoms with Crippen LogP contribution in [0.3, 0.4) is 0 Å². The molecule has 0 unspecified atom stereocenters. The maximum atomic E-state index is 10.8. The van der Waals surface area contributed by atoms with Crippen LogP contribution in [0.5, 0.6) is 5.75 Å². The van der Waals surface area contributed by atoms with Crippen molar-refractivity contribution < 1.29 is 24.5 Å². The second kappa shape index (κ2) is 5.94. The third-order valence-corrected chi connectivity index (χ3v) is 3.89. The third kappa shape index (κ3) is 3.62. The van der Waals surface area contributed by atoms with Gasteiger partial charge in [0.05, 0.1) is 5.37 Å². The molecule has 7 heteroatoms. The van der Waals surface area contributed by atoms with Crippen LogP contribution in [0.1, 0.15) is 10.9 Å². The molecule has 0 saturated carbocycles. The molecule has 1 aliphatic rings. The lowest BCUT2D eigenvalue weighted by Gasteiger charge is -2.12. The number of hydrogen-bond donors (Lipinski definition) is 3. The molecule has 102 valence electrons. The number of rotatable bonds is 5. The van der Waals surface area contributed by atoms with Gasteiger partial charge in [0.15, 0.2) is 6.61 Å². The van der Waals surface area contributed by atoms with Gasteiger partial charge in [-0.2, -0.15) is 0 Å². The van der Waals surface area contributed by atoms with E-state index < -0.39 is 18.0 Å². The molecular formula is C12H13NO5S. The third-order valence-electron chi connectivity index (χ3n) is 2.63. The first-order chi connectivity index (χ1) is 9.06. The molecule has 1 aliphatic heterocycles. The molecule has 1 aromatic rings. The number of nitrogens with one attached hydrogen (secondary N) is 1. The molecule has 1 saturated heterocycles. The highest BCUT2D eigenvalue weighted by Crippen LogP contribution is 2.33. The number of carboxylic acids is 2. The van der Waals surface area contributed by atoms with Gasteiger partial charge in [-0.1, -0.05) is 12.1 Å². The predicted molar refractivity (Wildman–Crippen MR) is 69.3 cm³/mol. The van der Waals surface area contributed by atoms with Crippen LogP contribution in [0.2, 0.25) is 0 Å². The second-order valence-electron chi connectivity index (χ2n) is 4.02. The number of benzene rings is 1. The van der Waals surface area contributed by atoms with Crippen molar-refractivity contribution in [2.45, 2.75) is 11.4 Å². The van der Waals surface area contributed by atoms with E-state index in [9.17, 15) is 9.59 Å². The van der Waals surface area contributed by atoms with Gasteiger partial charge in [-0.05, 0) is 17.7 Å². The van der Waals surface area contributed by atoms with E-state index in [1.165, 1.54) is 11.8 Å². The van der Waals surface area contributed by atoms with Gasteiger partial charge in [0.25, 0.3) is 0 Å². The number of hydrogen-bond acceptors (Lipinski definition) is 5. The lowest BCUT2D eigenvalue weighted by molar-refractivity contribution is -0.140. The van der Waals surface area contributed by atoms with Gasteiger partial charge in [-0.15, -0.1) is 11.8 Å². The Morgan fingerprint density at radius 3 is 2.53 bits per heavy atom. The van der Waals surface area contributed by atoms with E-state index in [4.69, 9.17) is 14.9 Å². The monoisotopic (exact) mass is 283 g/mol. The Hall–Kier alpha value is -1.73. The SMILES string of the molecule is O=C(O)COc1ccc([C@H]2N[C@H](C(=O)O)CS2)cc1. The van der Waals surface area contributed by atoms with E-state index >= 15 is 0 Å². The molecule has 0 spiro atoms. The molecule has 0 aliphatic carbocycles. The highest BCUT2D eigenvalue weighted by molar-refractivity contribution is 7.99. The van der Waals surface area contributed by atoms with Gasteiger partial charge in [0.2, 0.25) is 0 Å². The summed E-state index contributed by atoms with van der Waals surface area (Å²) >= 11 is 1.53. The molecule has 1 aromatic carbocycles. The van der Waals surface area contributed by atoms with Crippen LogP contribution < -0.4 is 10.1 Å². The van der Waals surface area contributed by atoms with Crippen LogP contribution in [0.4, 0.5) is 0 Å². The summed E-state index contributed by atoms with van der Waals surface area (Å²) in [7, 11) is 0. The van der Waals surface area contributed by atoms with Crippen LogP contribution >= 0.6 is 11.8 Å². The van der Waals surface area contributed by atoms with Gasteiger partial charge in [0, 0.05) is 5.75 Å². The van der Waals surface area contributed by atoms with Gasteiger partial charge >= 0.3 is 11.9 Å². The predicted octanol–water partition coefficient (Wildman–Crippen LogP) is 0.938. The van der Waals surface area contributed by atoms with Crippen molar-refractivity contribution >= 4 is 23.7 Å². The van der Waals surface area contributed by atoms with Crippen molar-refractivity contribution in [3.05, 3.63) is 29.8 Å². The minimum Gasteiger partial charge on any atom is -0.482 e. The van der Waals surface area contributed by atoms with E-state index in [2.05, 4.69) is 5.32 Å². The zero-order chi connectivity index (χ0) is 13.8. The summed E-state index contributed by atoms with van der Waals surface area (Å²) in [5.74, 6) is -0.876. The topological polar surface area (TPSA) is 95.9 Å². The Morgan fingerprint density at radius 1 is 1.32 bits per heavy atom. The molecule has 19 heavy (non-hydrogen) atoms. The maximum absolute atomic E-state index is 10.8. The van der Waals surface area contributed by atoms with Crippen LogP contribution in [-0.4, -0.2) is 40.6 Å². The van der Waals surface area contributed by atoms with E-state index in [0.717, 1.165) is 5.56 Å². The van der Waals surface area contributed by atoms with Crippen LogP contribution in [0.25, 0.3) is 0 Å². The summed E-state index contributed by atoms with van der Waals surface area (Å²) in [5, 5.41) is 20.3. The van der Waals surface area contributed by atoms with Crippen LogP contribution in [-0.2, 0) is 9.59 Å². The molecule has 6 nitrogen and oxygen atoms in total. The first-order valence-electron chi connectivity index (χ1n) is 5.61. The van der Waals surface area contributed by atoms with E-state index in [0.29, 0.717) is 11.5 Å². The van der Waals surface area contributed by atoms with Crippen molar-refractivity contribution in [3.63, 3.8) is 0 Å². The Morgan fingerprint density at radius 2 is 2.00 bits per heavy atom. The minimum absolute atomic E-state index is 0.0605. The Bertz CT molecular complexity index is 476. The molecule has 0 aromatic heterocycles. The summed E-state index contributed by atoms with van der Waals surface area (Å²) < 4.78 is 5.02. The second-order valence-corrected chi connectivity index (χ2v) is 5.16. The van der Waals surface area contributed by atoms with Crippen molar-refractivity contribution in [1.82, 2.24) is 5.32 Å². The number of carboxylic acid groups (broad SMARTS) is 2. The molecule has 3 N–H and O–H groups in total. The molecule has 2 rings (SSSR count). The standard InChI is InChI=1S/C12H13NO5S/c14-10(15)5-18-8-3-1-7(2-4-8)11-13-9(6-19-11)12(16)17/h1-4,9,11,13H,5-6H2,(H,14,15)(H,16,17)/t9-,11-/m0/s1. The van der Waals surface area contributed by atoms with Gasteiger partial charge in [-0.3, -0.25) is 10.1 Å². The Kier molecular flexibility index (Phi) is 4.28. The number of ether oxygens (including phenoxy) is 1. The van der Waals surface area contributed by atoms with Crippen LogP contribution in [0.15, 0.2) is 24.3 Å². The Balaban J connectivity index is 1.95. The van der Waals surface area contributed by atoms with E-state index in [1.807, 2.05) is 0 Å². The maximum Gasteiger partial charge on any atom is 0.341 e. The smallest absolute Gasteiger partial charge is 0.341 e. The van der Waals surface area contributed by atoms with Crippen molar-refractivity contribution in [1.29, 1.82) is 0 Å². The van der Waals surface area contributed by atoms with Gasteiger partial charge < -0.3 is 14.9 Å². The van der Waals surface area contributed by atoms with Crippen LogP contribution in [0, 0.1) is 0 Å². The number of carbonyl (C=O) groups is 2. The molecular weight excluding hydrogens is 270 g/mol. The molecule has 0 radical (unpaired) electrons. The molecule has 1 fully saturated rings. The summed E-state index contributed by atoms with van der Waals surface area (Å²) in [4.78, 5) is 21.2. The lowest BCUT2D eigenvalue weighted by Crippen LogP contribution is -2.33. The van der Waals surface area contributed by atoms with E-state index in [-0.39, 0.29) is 12.0 Å². The van der Waals surface area contributed by atoms with Crippen molar-refractivity contribution in [2.75, 3.05) is 12.4 Å². The summed E-state index contributed by atoms with van der Waals surface area (Å²) in [5.41, 5.74) is 0.941. The molecule has 0 amide bonds. The highest BCUT2D eigenvalue weighted by Gasteiger charge is 2.30. The van der Waals surface area contributed by atoms with E-state index in [1.54, 1.807) is 24.3 Å². The summed E-state index contributed by atoms with van der Waals surface area (Å²) in [6.45, 7) is -0.378. The van der Waals surface area contributed by atoms with Crippen molar-refractivity contribution in [3.8, 4) is 5.75 Å². The fourth-order valence-electron chi connectivity index (χ4n) is 1.69. The Labute approximate surface area is 113 Å². The average molecular weight is 283 g/mol. The zero-order valence-corrected chi connectivity index (χ0v) is 10.7. The van der Waals surface area contributed by atoms with Gasteiger partial charge in [-0.25, -0.2) is 4.79 Å². The summed E-state index contributed by atoms with van der Waals surface area (Å²) in [6.07, 6.45) is 0. The molecule has 2 atom stereocenters. The van der Waals surface area contributed by atoms with Crippen molar-refractivity contribution in [2.24, 2.45) is 0 Å². The number of thioether (sulfide) groups is 1. The lowest BCUT2D eigenvalue weighted by atomic mass is 10.2. The first-order valence-corrected chi connectivity index (χ1v) is 6.66. The largest absolute Gasteiger partial charge is 0.482 e. The normalized spacial score (nSPS) is 22.1. The quantitative estimate of drug-likeness (QED) is 0.740. The highest BCUT2D eigenvalue weighted by atomic mass is 32.2. The zero-order valence-electron chi connectivity index (χ0n) is 9.91. The fraction of sp³-hybridized carbons (Fsp3) is 0.333. The van der Waals surface area contributed by atoms with Gasteiger partial charge in [0.1, 0.15) is 11.8 Å². The minimum atomic E-state index is -1.03. The first kappa shape index (κ1) is 13.7. The molecule has 0 bridgehead atoms. The number of aliphatic carboxylic acids is 2. The molecule has 1 heterocycles.